The molecule has 0 amide bonds. The minimum absolute atomic E-state index is 0.257. The van der Waals surface area contributed by atoms with Crippen LogP contribution < -0.4 is 11.5 Å². The van der Waals surface area contributed by atoms with Crippen LogP contribution in [0.2, 0.25) is 0 Å². The Labute approximate surface area is 82.1 Å². The third-order valence-electron chi connectivity index (χ3n) is 1.90. The number of para-hydroxylation sites is 1. The van der Waals surface area contributed by atoms with Crippen molar-refractivity contribution in [3.63, 3.8) is 0 Å². The Kier molecular flexibility index (Phi) is 3.59. The number of phenols is 1. The zero-order chi connectivity index (χ0) is 9.84. The summed E-state index contributed by atoms with van der Waals surface area (Å²) >= 11 is 1.49. The fraction of sp³-hybridized carbons (Fsp3) is 0.333. The van der Waals surface area contributed by atoms with Gasteiger partial charge < -0.3 is 16.6 Å². The lowest BCUT2D eigenvalue weighted by Crippen LogP contribution is -2.20. The molecule has 5 N–H and O–H groups in total. The number of hydrogen-bond donors (Lipinski definition) is 3. The fourth-order valence-corrected chi connectivity index (χ4v) is 1.66. The van der Waals surface area contributed by atoms with Gasteiger partial charge in [0.2, 0.25) is 0 Å². The summed E-state index contributed by atoms with van der Waals surface area (Å²) in [5, 5.41) is 9.73. The van der Waals surface area contributed by atoms with Crippen LogP contribution in [0.15, 0.2) is 23.1 Å². The molecule has 1 aromatic carbocycles. The van der Waals surface area contributed by atoms with Crippen molar-refractivity contribution >= 4 is 11.8 Å². The minimum atomic E-state index is -0.285. The van der Waals surface area contributed by atoms with Gasteiger partial charge in [0, 0.05) is 23.0 Å². The molecule has 0 aliphatic carbocycles. The lowest BCUT2D eigenvalue weighted by atomic mass is 10.1. The van der Waals surface area contributed by atoms with Gasteiger partial charge in [0.15, 0.2) is 0 Å². The summed E-state index contributed by atoms with van der Waals surface area (Å²) in [7, 11) is 0. The maximum absolute atomic E-state index is 9.73. The van der Waals surface area contributed by atoms with Gasteiger partial charge in [-0.1, -0.05) is 12.1 Å². The Balaban J connectivity index is 3.08. The lowest BCUT2D eigenvalue weighted by Gasteiger charge is -2.12. The van der Waals surface area contributed by atoms with Crippen molar-refractivity contribution in [1.29, 1.82) is 0 Å². The monoisotopic (exact) mass is 198 g/mol. The molecule has 0 aliphatic rings. The molecule has 3 nitrogen and oxygen atoms in total. The summed E-state index contributed by atoms with van der Waals surface area (Å²) in [5.41, 5.74) is 11.9. The van der Waals surface area contributed by atoms with E-state index in [0.29, 0.717) is 12.1 Å². The molecule has 0 aliphatic heterocycles. The molecule has 0 bridgehead atoms. The van der Waals surface area contributed by atoms with Gasteiger partial charge in [0.05, 0.1) is 0 Å². The number of benzene rings is 1. The molecular weight excluding hydrogens is 184 g/mol. The van der Waals surface area contributed by atoms with Crippen LogP contribution in [-0.2, 0) is 0 Å². The highest BCUT2D eigenvalue weighted by Gasteiger charge is 2.11. The molecular formula is C9H14N2OS. The Morgan fingerprint density at radius 3 is 2.77 bits per heavy atom. The minimum Gasteiger partial charge on any atom is -0.506 e. The Hall–Kier alpha value is -0.710. The molecule has 0 unspecified atom stereocenters. The topological polar surface area (TPSA) is 72.3 Å². The van der Waals surface area contributed by atoms with Crippen molar-refractivity contribution in [3.8, 4) is 5.75 Å². The largest absolute Gasteiger partial charge is 0.506 e. The van der Waals surface area contributed by atoms with Crippen LogP contribution in [0.25, 0.3) is 0 Å². The number of hydrogen-bond acceptors (Lipinski definition) is 4. The van der Waals surface area contributed by atoms with Crippen LogP contribution in [0.1, 0.15) is 11.6 Å². The molecule has 0 spiro atoms. The van der Waals surface area contributed by atoms with Gasteiger partial charge in [0.25, 0.3) is 0 Å². The lowest BCUT2D eigenvalue weighted by molar-refractivity contribution is 0.449. The molecule has 1 aromatic rings. The summed E-state index contributed by atoms with van der Waals surface area (Å²) in [5.74, 6) is 0.257. The van der Waals surface area contributed by atoms with Crippen LogP contribution in [0, 0.1) is 0 Å². The summed E-state index contributed by atoms with van der Waals surface area (Å²) < 4.78 is 0. The van der Waals surface area contributed by atoms with E-state index < -0.39 is 0 Å². The van der Waals surface area contributed by atoms with Gasteiger partial charge in [-0.05, 0) is 12.3 Å². The van der Waals surface area contributed by atoms with Crippen LogP contribution in [-0.4, -0.2) is 17.9 Å². The highest BCUT2D eigenvalue weighted by molar-refractivity contribution is 7.98. The van der Waals surface area contributed by atoms with E-state index in [9.17, 15) is 5.11 Å². The van der Waals surface area contributed by atoms with E-state index in [0.717, 1.165) is 4.90 Å². The average Bonchev–Trinajstić information content (AvgIpc) is 2.17. The Bertz CT molecular complexity index is 291. The van der Waals surface area contributed by atoms with E-state index in [1.807, 2.05) is 18.4 Å². The van der Waals surface area contributed by atoms with Crippen molar-refractivity contribution in [2.75, 3.05) is 12.8 Å². The third-order valence-corrected chi connectivity index (χ3v) is 2.67. The molecule has 0 fully saturated rings. The Morgan fingerprint density at radius 2 is 2.23 bits per heavy atom. The maximum atomic E-state index is 9.73. The highest BCUT2D eigenvalue weighted by atomic mass is 32.2. The number of phenolic OH excluding ortho intramolecular Hbond substituents is 1. The summed E-state index contributed by atoms with van der Waals surface area (Å²) in [4.78, 5) is 0.835. The SMILES string of the molecule is CSc1cccc([C@@H](N)CN)c1O. The highest BCUT2D eigenvalue weighted by Crippen LogP contribution is 2.32. The van der Waals surface area contributed by atoms with Crippen molar-refractivity contribution in [3.05, 3.63) is 23.8 Å². The van der Waals surface area contributed by atoms with E-state index in [-0.39, 0.29) is 11.8 Å². The summed E-state index contributed by atoms with van der Waals surface area (Å²) in [6.45, 7) is 0.339. The van der Waals surface area contributed by atoms with E-state index >= 15 is 0 Å². The van der Waals surface area contributed by atoms with E-state index in [2.05, 4.69) is 0 Å². The number of rotatable bonds is 3. The molecule has 72 valence electrons. The first-order valence-electron chi connectivity index (χ1n) is 4.02. The van der Waals surface area contributed by atoms with Gasteiger partial charge in [-0.25, -0.2) is 0 Å². The fourth-order valence-electron chi connectivity index (χ4n) is 1.13. The maximum Gasteiger partial charge on any atom is 0.133 e. The second kappa shape index (κ2) is 4.50. The molecule has 13 heavy (non-hydrogen) atoms. The zero-order valence-corrected chi connectivity index (χ0v) is 8.34. The molecule has 0 saturated heterocycles. The van der Waals surface area contributed by atoms with Crippen LogP contribution in [0.3, 0.4) is 0 Å². The molecule has 1 atom stereocenters. The van der Waals surface area contributed by atoms with Crippen molar-refractivity contribution < 1.29 is 5.11 Å². The van der Waals surface area contributed by atoms with Gasteiger partial charge in [-0.15, -0.1) is 11.8 Å². The van der Waals surface area contributed by atoms with Crippen LogP contribution >= 0.6 is 11.8 Å². The predicted molar refractivity (Wildman–Crippen MR) is 55.9 cm³/mol. The van der Waals surface area contributed by atoms with E-state index in [1.54, 1.807) is 6.07 Å². The first kappa shape index (κ1) is 10.4. The van der Waals surface area contributed by atoms with Gasteiger partial charge in [-0.3, -0.25) is 0 Å². The molecule has 1 rings (SSSR count). The van der Waals surface area contributed by atoms with E-state index in [4.69, 9.17) is 11.5 Å². The van der Waals surface area contributed by atoms with Crippen molar-refractivity contribution in [2.24, 2.45) is 11.5 Å². The third kappa shape index (κ3) is 2.15. The second-order valence-electron chi connectivity index (χ2n) is 2.74. The first-order chi connectivity index (χ1) is 6.20. The number of thioether (sulfide) groups is 1. The van der Waals surface area contributed by atoms with Gasteiger partial charge in [0.1, 0.15) is 5.75 Å². The summed E-state index contributed by atoms with van der Waals surface area (Å²) in [6, 6.07) is 5.24. The first-order valence-corrected chi connectivity index (χ1v) is 5.24. The van der Waals surface area contributed by atoms with Crippen molar-refractivity contribution in [2.45, 2.75) is 10.9 Å². The quantitative estimate of drug-likeness (QED) is 0.635. The van der Waals surface area contributed by atoms with Crippen LogP contribution in [0.5, 0.6) is 5.75 Å². The smallest absolute Gasteiger partial charge is 0.133 e. The van der Waals surface area contributed by atoms with Crippen molar-refractivity contribution in [1.82, 2.24) is 0 Å². The average molecular weight is 198 g/mol. The zero-order valence-electron chi connectivity index (χ0n) is 7.53. The van der Waals surface area contributed by atoms with Gasteiger partial charge >= 0.3 is 0 Å². The number of nitrogens with two attached hydrogens (primary N) is 2. The second-order valence-corrected chi connectivity index (χ2v) is 3.59. The molecule has 0 saturated carbocycles. The Morgan fingerprint density at radius 1 is 1.54 bits per heavy atom. The van der Waals surface area contributed by atoms with Crippen LogP contribution in [0.4, 0.5) is 0 Å². The predicted octanol–water partition coefficient (Wildman–Crippen LogP) is 1.07. The van der Waals surface area contributed by atoms with Gasteiger partial charge in [-0.2, -0.15) is 0 Å². The molecule has 0 aromatic heterocycles. The molecule has 4 heteroatoms. The standard InChI is InChI=1S/C9H14N2OS/c1-13-8-4-2-3-6(9(8)12)7(11)5-10/h2-4,7,12H,5,10-11H2,1H3/t7-/m0/s1. The number of aromatic hydroxyl groups is 1. The normalized spacial score (nSPS) is 12.8. The van der Waals surface area contributed by atoms with E-state index in [1.165, 1.54) is 11.8 Å². The molecule has 0 radical (unpaired) electrons. The summed E-state index contributed by atoms with van der Waals surface area (Å²) in [6.07, 6.45) is 1.91. The molecule has 0 heterocycles.